The average molecular weight is 305 g/mol. The summed E-state index contributed by atoms with van der Waals surface area (Å²) in [6.45, 7) is 0. The number of thioether (sulfide) groups is 1. The number of fused-ring (bicyclic) bond motifs is 1. The Labute approximate surface area is 113 Å². The maximum absolute atomic E-state index is 3.60. The van der Waals surface area contributed by atoms with Gasteiger partial charge in [-0.2, -0.15) is 4.58 Å². The van der Waals surface area contributed by atoms with E-state index < -0.39 is 0 Å². The molecule has 1 aliphatic rings. The highest BCUT2D eigenvalue weighted by atomic mass is 79.9. The van der Waals surface area contributed by atoms with Crippen molar-refractivity contribution in [1.29, 1.82) is 0 Å². The van der Waals surface area contributed by atoms with Crippen molar-refractivity contribution in [3.63, 3.8) is 0 Å². The van der Waals surface area contributed by atoms with Crippen LogP contribution in [0.1, 0.15) is 5.56 Å². The molecule has 3 rings (SSSR count). The van der Waals surface area contributed by atoms with E-state index in [0.717, 1.165) is 5.88 Å². The lowest BCUT2D eigenvalue weighted by molar-refractivity contribution is -0.411. The monoisotopic (exact) mass is 304 g/mol. The molecule has 0 fully saturated rings. The molecule has 0 saturated heterocycles. The Hall–Kier alpha value is -1.06. The molecule has 2 aromatic carbocycles. The van der Waals surface area contributed by atoms with Gasteiger partial charge in [0.2, 0.25) is 5.69 Å². The molecule has 0 aliphatic carbocycles. The van der Waals surface area contributed by atoms with Crippen LogP contribution in [0.2, 0.25) is 0 Å². The van der Waals surface area contributed by atoms with E-state index >= 15 is 0 Å². The van der Waals surface area contributed by atoms with Crippen LogP contribution < -0.4 is 0 Å². The summed E-state index contributed by atoms with van der Waals surface area (Å²) in [5, 5.41) is 0. The summed E-state index contributed by atoms with van der Waals surface area (Å²) >= 11 is 5.46. The highest BCUT2D eigenvalue weighted by Crippen LogP contribution is 2.34. The summed E-state index contributed by atoms with van der Waals surface area (Å²) < 4.78 is 3.46. The summed E-state index contributed by atoms with van der Waals surface area (Å²) in [4.78, 5) is 1.33. The van der Waals surface area contributed by atoms with E-state index in [1.807, 2.05) is 17.8 Å². The molecule has 3 heteroatoms. The van der Waals surface area contributed by atoms with E-state index in [2.05, 4.69) is 69.2 Å². The lowest BCUT2D eigenvalue weighted by atomic mass is 10.2. The first-order valence-corrected chi connectivity index (χ1v) is 7.20. The van der Waals surface area contributed by atoms with Crippen molar-refractivity contribution < 1.29 is 4.58 Å². The molecule has 0 unspecified atom stereocenters. The number of hydrogen-bond donors (Lipinski definition) is 0. The molecule has 1 nitrogen and oxygen atoms in total. The highest BCUT2D eigenvalue weighted by Gasteiger charge is 2.19. The van der Waals surface area contributed by atoms with Crippen LogP contribution >= 0.6 is 27.7 Å². The van der Waals surface area contributed by atoms with E-state index in [1.54, 1.807) is 0 Å². The summed E-state index contributed by atoms with van der Waals surface area (Å²) in [6, 6.07) is 16.8. The van der Waals surface area contributed by atoms with Crippen molar-refractivity contribution >= 4 is 39.6 Å². The fourth-order valence-corrected chi connectivity index (χ4v) is 3.60. The van der Waals surface area contributed by atoms with E-state index in [-0.39, 0.29) is 0 Å². The first-order chi connectivity index (χ1) is 8.34. The number of hydrogen-bond acceptors (Lipinski definition) is 1. The number of rotatable bonds is 1. The number of benzene rings is 2. The average Bonchev–Trinajstić information content (AvgIpc) is 2.40. The predicted octanol–water partition coefficient (Wildman–Crippen LogP) is 4.28. The molecule has 17 heavy (non-hydrogen) atoms. The van der Waals surface area contributed by atoms with Gasteiger partial charge in [-0.1, -0.05) is 36.0 Å². The third-order valence-electron chi connectivity index (χ3n) is 2.73. The summed E-state index contributed by atoms with van der Waals surface area (Å²) in [5.41, 5.74) is 2.52. The third-order valence-corrected chi connectivity index (χ3v) is 4.80. The van der Waals surface area contributed by atoms with Crippen LogP contribution in [0.5, 0.6) is 0 Å². The molecule has 0 spiro atoms. The van der Waals surface area contributed by atoms with Crippen LogP contribution in [0.4, 0.5) is 5.69 Å². The van der Waals surface area contributed by atoms with Crippen molar-refractivity contribution in [3.8, 4) is 0 Å². The zero-order chi connectivity index (χ0) is 11.7. The molecule has 0 aromatic heterocycles. The van der Waals surface area contributed by atoms with E-state index in [1.165, 1.54) is 20.6 Å². The maximum Gasteiger partial charge on any atom is 0.205 e. The third kappa shape index (κ3) is 2.17. The zero-order valence-corrected chi connectivity index (χ0v) is 11.5. The molecule has 0 bridgehead atoms. The predicted molar refractivity (Wildman–Crippen MR) is 76.4 cm³/mol. The second-order valence-corrected chi connectivity index (χ2v) is 5.68. The van der Waals surface area contributed by atoms with Gasteiger partial charge in [0.05, 0.1) is 5.56 Å². The Kier molecular flexibility index (Phi) is 3.04. The first-order valence-electron chi connectivity index (χ1n) is 5.42. The van der Waals surface area contributed by atoms with Gasteiger partial charge in [-0.05, 0) is 28.1 Å². The van der Waals surface area contributed by atoms with Crippen molar-refractivity contribution in [2.75, 3.05) is 5.88 Å². The van der Waals surface area contributed by atoms with Crippen molar-refractivity contribution in [3.05, 3.63) is 58.6 Å². The Bertz CT molecular complexity index is 578. The molecule has 0 saturated carbocycles. The summed E-state index contributed by atoms with van der Waals surface area (Å²) in [5.74, 6) is 0.958. The van der Waals surface area contributed by atoms with Crippen molar-refractivity contribution in [2.45, 2.75) is 4.90 Å². The molecule has 0 N–H and O–H groups in total. The standard InChI is InChI=1S/C14H11BrNS/c15-13-8-4-5-11-9-16(10-17-14(11)13)12-6-2-1-3-7-12/h1-9H,10H2/q+1. The summed E-state index contributed by atoms with van der Waals surface area (Å²) in [6.07, 6.45) is 2.21. The van der Waals surface area contributed by atoms with E-state index in [9.17, 15) is 0 Å². The largest absolute Gasteiger partial charge is 0.205 e. The Morgan fingerprint density at radius 3 is 2.65 bits per heavy atom. The molecule has 2 aromatic rings. The van der Waals surface area contributed by atoms with Gasteiger partial charge in [-0.25, -0.2) is 0 Å². The van der Waals surface area contributed by atoms with E-state index in [0.29, 0.717) is 0 Å². The molecule has 0 amide bonds. The van der Waals surface area contributed by atoms with Crippen LogP contribution in [-0.4, -0.2) is 16.7 Å². The SMILES string of the molecule is Brc1cccc2c1SC[N+](c1ccccc1)=C2. The van der Waals surface area contributed by atoms with Gasteiger partial charge in [0.25, 0.3) is 0 Å². The lowest BCUT2D eigenvalue weighted by Gasteiger charge is -2.12. The maximum atomic E-state index is 3.60. The van der Waals surface area contributed by atoms with Crippen LogP contribution in [0, 0.1) is 0 Å². The first kappa shape index (κ1) is 11.1. The number of para-hydroxylation sites is 1. The summed E-state index contributed by atoms with van der Waals surface area (Å²) in [7, 11) is 0. The Balaban J connectivity index is 2.07. The number of halogens is 1. The molecule has 0 atom stereocenters. The van der Waals surface area contributed by atoms with Crippen LogP contribution in [0.25, 0.3) is 0 Å². The van der Waals surface area contributed by atoms with Gasteiger partial charge >= 0.3 is 0 Å². The fourth-order valence-electron chi connectivity index (χ4n) is 1.89. The second kappa shape index (κ2) is 4.67. The Morgan fingerprint density at radius 1 is 1.00 bits per heavy atom. The minimum Gasteiger partial charge on any atom is -0.188 e. The highest BCUT2D eigenvalue weighted by molar-refractivity contribution is 9.10. The van der Waals surface area contributed by atoms with Gasteiger partial charge in [-0.3, -0.25) is 0 Å². The van der Waals surface area contributed by atoms with Gasteiger partial charge in [0.15, 0.2) is 12.1 Å². The molecule has 84 valence electrons. The molecule has 1 aliphatic heterocycles. The molecule has 1 heterocycles. The van der Waals surface area contributed by atoms with Crippen molar-refractivity contribution in [1.82, 2.24) is 0 Å². The van der Waals surface area contributed by atoms with Crippen LogP contribution in [-0.2, 0) is 0 Å². The van der Waals surface area contributed by atoms with Gasteiger partial charge in [0, 0.05) is 21.5 Å². The number of nitrogens with zero attached hydrogens (tertiary/aromatic N) is 1. The quantitative estimate of drug-likeness (QED) is 0.711. The van der Waals surface area contributed by atoms with E-state index in [4.69, 9.17) is 0 Å². The van der Waals surface area contributed by atoms with Crippen molar-refractivity contribution in [2.24, 2.45) is 0 Å². The second-order valence-electron chi connectivity index (χ2n) is 3.87. The minimum atomic E-state index is 0.958. The van der Waals surface area contributed by atoms with Crippen LogP contribution in [0.15, 0.2) is 57.9 Å². The molecular formula is C14H11BrNS+. The van der Waals surface area contributed by atoms with Gasteiger partial charge in [0.1, 0.15) is 0 Å². The minimum absolute atomic E-state index is 0.958. The van der Waals surface area contributed by atoms with Gasteiger partial charge in [-0.15, -0.1) is 0 Å². The fraction of sp³-hybridized carbons (Fsp3) is 0.0714. The Morgan fingerprint density at radius 2 is 1.82 bits per heavy atom. The van der Waals surface area contributed by atoms with Gasteiger partial charge < -0.3 is 0 Å². The molecular weight excluding hydrogens is 294 g/mol. The smallest absolute Gasteiger partial charge is 0.188 e. The molecule has 0 radical (unpaired) electrons. The zero-order valence-electron chi connectivity index (χ0n) is 9.14. The van der Waals surface area contributed by atoms with Crippen LogP contribution in [0.3, 0.4) is 0 Å². The topological polar surface area (TPSA) is 3.01 Å². The normalized spacial score (nSPS) is 14.1. The lowest BCUT2D eigenvalue weighted by Crippen LogP contribution is -2.12.